The fourth-order valence-electron chi connectivity index (χ4n) is 2.24. The number of hydrogen-bond donors (Lipinski definition) is 2. The van der Waals surface area contributed by atoms with Crippen LogP contribution >= 0.6 is 11.3 Å². The van der Waals surface area contributed by atoms with Gasteiger partial charge in [0.1, 0.15) is 5.75 Å². The van der Waals surface area contributed by atoms with E-state index in [1.807, 2.05) is 60.0 Å². The van der Waals surface area contributed by atoms with Gasteiger partial charge < -0.3 is 15.8 Å². The van der Waals surface area contributed by atoms with E-state index in [-0.39, 0.29) is 5.91 Å². The van der Waals surface area contributed by atoms with E-state index in [9.17, 15) is 4.79 Å². The molecule has 0 aliphatic heterocycles. The Labute approximate surface area is 150 Å². The summed E-state index contributed by atoms with van der Waals surface area (Å²) in [5, 5.41) is 5.34. The minimum absolute atomic E-state index is 0.0603. The van der Waals surface area contributed by atoms with Crippen molar-refractivity contribution in [2.45, 2.75) is 12.8 Å². The summed E-state index contributed by atoms with van der Waals surface area (Å²) in [5.74, 6) is 0.755. The topological polar surface area (TPSA) is 77.2 Å². The molecule has 1 aromatic heterocycles. The summed E-state index contributed by atoms with van der Waals surface area (Å²) in [7, 11) is 0. The number of anilines is 2. The lowest BCUT2D eigenvalue weighted by Gasteiger charge is -2.05. The standard InChI is InChI=1S/C19H19N3O2S/c20-15-10-8-14(9-11-15)17-13-25-19(21-17)22-18(23)7-4-12-24-16-5-2-1-3-6-16/h1-3,5-6,8-11,13H,4,7,12,20H2,(H,21,22,23). The molecule has 2 aromatic carbocycles. The Morgan fingerprint density at radius 1 is 1.12 bits per heavy atom. The van der Waals surface area contributed by atoms with E-state index in [4.69, 9.17) is 10.5 Å². The molecule has 0 bridgehead atoms. The molecule has 0 saturated carbocycles. The summed E-state index contributed by atoms with van der Waals surface area (Å²) >= 11 is 1.41. The number of aromatic nitrogens is 1. The van der Waals surface area contributed by atoms with Crippen molar-refractivity contribution in [3.63, 3.8) is 0 Å². The van der Waals surface area contributed by atoms with Crippen LogP contribution in [0.25, 0.3) is 11.3 Å². The molecule has 1 heterocycles. The highest BCUT2D eigenvalue weighted by molar-refractivity contribution is 7.14. The zero-order chi connectivity index (χ0) is 17.5. The number of carbonyl (C=O) groups is 1. The molecule has 0 aliphatic carbocycles. The second kappa shape index (κ2) is 8.30. The molecule has 6 heteroatoms. The Bertz CT molecular complexity index is 816. The molecular weight excluding hydrogens is 334 g/mol. The zero-order valence-corrected chi connectivity index (χ0v) is 14.5. The molecule has 1 amide bonds. The molecular formula is C19H19N3O2S. The van der Waals surface area contributed by atoms with Gasteiger partial charge in [0.15, 0.2) is 5.13 Å². The summed E-state index contributed by atoms with van der Waals surface area (Å²) in [4.78, 5) is 16.4. The highest BCUT2D eigenvalue weighted by Crippen LogP contribution is 2.25. The third-order valence-corrected chi connectivity index (χ3v) is 4.27. The Morgan fingerprint density at radius 2 is 1.88 bits per heavy atom. The number of ether oxygens (including phenoxy) is 1. The van der Waals surface area contributed by atoms with Gasteiger partial charge in [-0.25, -0.2) is 4.98 Å². The summed E-state index contributed by atoms with van der Waals surface area (Å²) < 4.78 is 5.57. The van der Waals surface area contributed by atoms with E-state index >= 15 is 0 Å². The van der Waals surface area contributed by atoms with Crippen LogP contribution < -0.4 is 15.8 Å². The third-order valence-electron chi connectivity index (χ3n) is 3.52. The van der Waals surface area contributed by atoms with Crippen molar-refractivity contribution in [1.82, 2.24) is 4.98 Å². The predicted molar refractivity (Wildman–Crippen MR) is 102 cm³/mol. The van der Waals surface area contributed by atoms with Crippen LogP contribution in [0.3, 0.4) is 0 Å². The molecule has 0 fully saturated rings. The lowest BCUT2D eigenvalue weighted by molar-refractivity contribution is -0.116. The first-order valence-corrected chi connectivity index (χ1v) is 8.88. The first-order valence-electron chi connectivity index (χ1n) is 8.00. The minimum Gasteiger partial charge on any atom is -0.494 e. The van der Waals surface area contributed by atoms with Gasteiger partial charge in [0.2, 0.25) is 5.91 Å². The van der Waals surface area contributed by atoms with Gasteiger partial charge in [0, 0.05) is 23.1 Å². The number of carbonyl (C=O) groups excluding carboxylic acids is 1. The second-order valence-corrected chi connectivity index (χ2v) is 6.33. The second-order valence-electron chi connectivity index (χ2n) is 5.47. The molecule has 0 atom stereocenters. The first kappa shape index (κ1) is 17.0. The maximum Gasteiger partial charge on any atom is 0.226 e. The van der Waals surface area contributed by atoms with E-state index < -0.39 is 0 Å². The summed E-state index contributed by atoms with van der Waals surface area (Å²) in [6.45, 7) is 0.506. The number of rotatable bonds is 7. The number of para-hydroxylation sites is 1. The van der Waals surface area contributed by atoms with Gasteiger partial charge in [-0.2, -0.15) is 0 Å². The summed E-state index contributed by atoms with van der Waals surface area (Å²) in [5.41, 5.74) is 8.20. The van der Waals surface area contributed by atoms with E-state index in [2.05, 4.69) is 10.3 Å². The van der Waals surface area contributed by atoms with Gasteiger partial charge in [-0.3, -0.25) is 4.79 Å². The maximum absolute atomic E-state index is 12.0. The Hall–Kier alpha value is -2.86. The van der Waals surface area contributed by atoms with Crippen LogP contribution in [0.5, 0.6) is 5.75 Å². The number of nitrogen functional groups attached to an aromatic ring is 1. The van der Waals surface area contributed by atoms with Crippen molar-refractivity contribution in [2.75, 3.05) is 17.7 Å². The van der Waals surface area contributed by atoms with Gasteiger partial charge in [-0.05, 0) is 30.7 Å². The van der Waals surface area contributed by atoms with Crippen LogP contribution in [-0.2, 0) is 4.79 Å². The van der Waals surface area contributed by atoms with E-state index in [1.54, 1.807) is 0 Å². The Kier molecular flexibility index (Phi) is 5.64. The van der Waals surface area contributed by atoms with Crippen molar-refractivity contribution >= 4 is 28.1 Å². The number of nitrogens with zero attached hydrogens (tertiary/aromatic N) is 1. The number of benzene rings is 2. The van der Waals surface area contributed by atoms with Gasteiger partial charge in [-0.15, -0.1) is 11.3 Å². The molecule has 25 heavy (non-hydrogen) atoms. The van der Waals surface area contributed by atoms with Crippen LogP contribution in [-0.4, -0.2) is 17.5 Å². The molecule has 5 nitrogen and oxygen atoms in total. The highest BCUT2D eigenvalue weighted by Gasteiger charge is 2.08. The molecule has 128 valence electrons. The number of hydrogen-bond acceptors (Lipinski definition) is 5. The van der Waals surface area contributed by atoms with Crippen LogP contribution in [0, 0.1) is 0 Å². The third kappa shape index (κ3) is 5.06. The van der Waals surface area contributed by atoms with Crippen LogP contribution in [0.15, 0.2) is 60.0 Å². The van der Waals surface area contributed by atoms with E-state index in [0.717, 1.165) is 17.0 Å². The Morgan fingerprint density at radius 3 is 2.64 bits per heavy atom. The van der Waals surface area contributed by atoms with Gasteiger partial charge in [0.25, 0.3) is 0 Å². The number of amides is 1. The average molecular weight is 353 g/mol. The predicted octanol–water partition coefficient (Wildman–Crippen LogP) is 4.19. The molecule has 0 spiro atoms. The van der Waals surface area contributed by atoms with Crippen LogP contribution in [0.1, 0.15) is 12.8 Å². The molecule has 3 aromatic rings. The molecule has 0 saturated heterocycles. The minimum atomic E-state index is -0.0603. The van der Waals surface area contributed by atoms with Crippen LogP contribution in [0.2, 0.25) is 0 Å². The highest BCUT2D eigenvalue weighted by atomic mass is 32.1. The van der Waals surface area contributed by atoms with Crippen molar-refractivity contribution in [3.05, 3.63) is 60.0 Å². The van der Waals surface area contributed by atoms with Crippen molar-refractivity contribution in [2.24, 2.45) is 0 Å². The van der Waals surface area contributed by atoms with E-state index in [0.29, 0.717) is 30.3 Å². The SMILES string of the molecule is Nc1ccc(-c2csc(NC(=O)CCCOc3ccccc3)n2)cc1. The number of nitrogens with one attached hydrogen (secondary N) is 1. The number of nitrogens with two attached hydrogens (primary N) is 1. The van der Waals surface area contributed by atoms with Crippen molar-refractivity contribution in [1.29, 1.82) is 0 Å². The summed E-state index contributed by atoms with van der Waals surface area (Å²) in [6.07, 6.45) is 1.04. The molecule has 3 rings (SSSR count). The van der Waals surface area contributed by atoms with Gasteiger partial charge >= 0.3 is 0 Å². The number of thiazole rings is 1. The fraction of sp³-hybridized carbons (Fsp3) is 0.158. The van der Waals surface area contributed by atoms with Gasteiger partial charge in [0.05, 0.1) is 12.3 Å². The normalized spacial score (nSPS) is 10.4. The van der Waals surface area contributed by atoms with Crippen LogP contribution in [0.4, 0.5) is 10.8 Å². The molecule has 0 aliphatic rings. The average Bonchev–Trinajstić information content (AvgIpc) is 3.09. The quantitative estimate of drug-likeness (QED) is 0.493. The molecule has 0 unspecified atom stereocenters. The Balaban J connectivity index is 1.44. The van der Waals surface area contributed by atoms with Crippen molar-refractivity contribution in [3.8, 4) is 17.0 Å². The lowest BCUT2D eigenvalue weighted by Crippen LogP contribution is -2.12. The maximum atomic E-state index is 12.0. The van der Waals surface area contributed by atoms with Gasteiger partial charge in [-0.1, -0.05) is 30.3 Å². The van der Waals surface area contributed by atoms with Crippen molar-refractivity contribution < 1.29 is 9.53 Å². The smallest absolute Gasteiger partial charge is 0.226 e. The zero-order valence-electron chi connectivity index (χ0n) is 13.6. The van der Waals surface area contributed by atoms with E-state index in [1.165, 1.54) is 11.3 Å². The largest absolute Gasteiger partial charge is 0.494 e. The molecule has 0 radical (unpaired) electrons. The molecule has 3 N–H and O–H groups in total. The first-order chi connectivity index (χ1) is 12.2. The monoisotopic (exact) mass is 353 g/mol. The summed E-state index contributed by atoms with van der Waals surface area (Å²) in [6, 6.07) is 17.1. The fourth-order valence-corrected chi connectivity index (χ4v) is 2.97. The lowest BCUT2D eigenvalue weighted by atomic mass is 10.1.